The van der Waals surface area contributed by atoms with Crippen LogP contribution in [0, 0.1) is 12.7 Å². The van der Waals surface area contributed by atoms with E-state index in [0.29, 0.717) is 0 Å². The van der Waals surface area contributed by atoms with E-state index in [4.69, 9.17) is 4.74 Å². The summed E-state index contributed by atoms with van der Waals surface area (Å²) < 4.78 is 20.0. The summed E-state index contributed by atoms with van der Waals surface area (Å²) in [6.07, 6.45) is 0. The Bertz CT molecular complexity index is 630. The van der Waals surface area contributed by atoms with Crippen molar-refractivity contribution >= 4 is 15.9 Å². The van der Waals surface area contributed by atoms with Crippen LogP contribution in [0.1, 0.15) is 29.7 Å². The largest absolute Gasteiger partial charge is 0.494 e. The molecule has 21 heavy (non-hydrogen) atoms. The Morgan fingerprint density at radius 2 is 2.05 bits per heavy atom. The SMILES string of the molecule is CCNC(c1ccc(OC)c(F)c1)c1cccc(Br)c1C. The van der Waals surface area contributed by atoms with Gasteiger partial charge in [-0.1, -0.05) is 41.1 Å². The maximum absolute atomic E-state index is 14.0. The summed E-state index contributed by atoms with van der Waals surface area (Å²) in [5, 5.41) is 3.42. The van der Waals surface area contributed by atoms with Crippen molar-refractivity contribution in [3.63, 3.8) is 0 Å². The third-order valence-electron chi connectivity index (χ3n) is 3.54. The van der Waals surface area contributed by atoms with Crippen molar-refractivity contribution in [1.29, 1.82) is 0 Å². The molecule has 0 heterocycles. The molecule has 2 nitrogen and oxygen atoms in total. The van der Waals surface area contributed by atoms with Crippen LogP contribution in [0.5, 0.6) is 5.75 Å². The zero-order chi connectivity index (χ0) is 15.4. The van der Waals surface area contributed by atoms with Gasteiger partial charge >= 0.3 is 0 Å². The number of nitrogens with one attached hydrogen (secondary N) is 1. The van der Waals surface area contributed by atoms with Crippen molar-refractivity contribution in [2.45, 2.75) is 19.9 Å². The van der Waals surface area contributed by atoms with Crippen LogP contribution in [0.3, 0.4) is 0 Å². The summed E-state index contributed by atoms with van der Waals surface area (Å²) in [5.41, 5.74) is 3.17. The average Bonchev–Trinajstić information content (AvgIpc) is 2.48. The quantitative estimate of drug-likeness (QED) is 0.849. The van der Waals surface area contributed by atoms with Crippen molar-refractivity contribution in [3.8, 4) is 5.75 Å². The van der Waals surface area contributed by atoms with Gasteiger partial charge in [0.1, 0.15) is 0 Å². The topological polar surface area (TPSA) is 21.3 Å². The molecule has 2 aromatic carbocycles. The highest BCUT2D eigenvalue weighted by atomic mass is 79.9. The van der Waals surface area contributed by atoms with Gasteiger partial charge < -0.3 is 10.1 Å². The van der Waals surface area contributed by atoms with Crippen molar-refractivity contribution in [1.82, 2.24) is 5.32 Å². The van der Waals surface area contributed by atoms with E-state index in [9.17, 15) is 4.39 Å². The lowest BCUT2D eigenvalue weighted by molar-refractivity contribution is 0.385. The first-order valence-corrected chi connectivity index (χ1v) is 7.69. The molecule has 0 spiro atoms. The van der Waals surface area contributed by atoms with Crippen LogP contribution >= 0.6 is 15.9 Å². The number of hydrogen-bond acceptors (Lipinski definition) is 2. The average molecular weight is 352 g/mol. The third kappa shape index (κ3) is 3.44. The monoisotopic (exact) mass is 351 g/mol. The molecule has 1 atom stereocenters. The summed E-state index contributed by atoms with van der Waals surface area (Å²) in [7, 11) is 1.47. The molecule has 0 aliphatic heterocycles. The lowest BCUT2D eigenvalue weighted by Crippen LogP contribution is -2.23. The molecule has 0 aliphatic rings. The lowest BCUT2D eigenvalue weighted by Gasteiger charge is -2.22. The molecule has 1 unspecified atom stereocenters. The fourth-order valence-electron chi connectivity index (χ4n) is 2.41. The summed E-state index contributed by atoms with van der Waals surface area (Å²) in [6, 6.07) is 11.1. The van der Waals surface area contributed by atoms with Gasteiger partial charge in [-0.05, 0) is 48.4 Å². The first kappa shape index (κ1) is 16.0. The van der Waals surface area contributed by atoms with Crippen molar-refractivity contribution in [2.24, 2.45) is 0 Å². The molecule has 0 saturated heterocycles. The first-order chi connectivity index (χ1) is 10.1. The van der Waals surface area contributed by atoms with Crippen LogP contribution in [0.4, 0.5) is 4.39 Å². The maximum Gasteiger partial charge on any atom is 0.165 e. The van der Waals surface area contributed by atoms with Crippen molar-refractivity contribution in [2.75, 3.05) is 13.7 Å². The Balaban J connectivity index is 2.48. The van der Waals surface area contributed by atoms with E-state index in [1.54, 1.807) is 6.07 Å². The number of halogens is 2. The van der Waals surface area contributed by atoms with Crippen LogP contribution in [0.25, 0.3) is 0 Å². The minimum Gasteiger partial charge on any atom is -0.494 e. The normalized spacial score (nSPS) is 12.2. The Kier molecular flexibility index (Phi) is 5.37. The number of ether oxygens (including phenoxy) is 1. The fourth-order valence-corrected chi connectivity index (χ4v) is 2.79. The van der Waals surface area contributed by atoms with Gasteiger partial charge in [-0.2, -0.15) is 0 Å². The van der Waals surface area contributed by atoms with E-state index in [1.165, 1.54) is 13.2 Å². The van der Waals surface area contributed by atoms with Gasteiger partial charge in [0.2, 0.25) is 0 Å². The first-order valence-electron chi connectivity index (χ1n) is 6.90. The zero-order valence-corrected chi connectivity index (χ0v) is 14.0. The van der Waals surface area contributed by atoms with E-state index < -0.39 is 0 Å². The second-order valence-electron chi connectivity index (χ2n) is 4.84. The molecule has 112 valence electrons. The summed E-state index contributed by atoms with van der Waals surface area (Å²) >= 11 is 3.55. The Labute approximate surface area is 133 Å². The molecule has 0 amide bonds. The number of hydrogen-bond donors (Lipinski definition) is 1. The van der Waals surface area contributed by atoms with Gasteiger partial charge in [0.05, 0.1) is 13.2 Å². The molecule has 1 N–H and O–H groups in total. The number of methoxy groups -OCH3 is 1. The minimum absolute atomic E-state index is 0.0482. The van der Waals surface area contributed by atoms with Crippen LogP contribution in [-0.2, 0) is 0 Å². The van der Waals surface area contributed by atoms with Gasteiger partial charge in [-0.15, -0.1) is 0 Å². The molecule has 0 fully saturated rings. The van der Waals surface area contributed by atoms with E-state index in [2.05, 4.69) is 34.2 Å². The highest BCUT2D eigenvalue weighted by molar-refractivity contribution is 9.10. The van der Waals surface area contributed by atoms with E-state index in [-0.39, 0.29) is 17.6 Å². The highest BCUT2D eigenvalue weighted by Gasteiger charge is 2.17. The Morgan fingerprint density at radius 1 is 1.29 bits per heavy atom. The van der Waals surface area contributed by atoms with Crippen molar-refractivity contribution < 1.29 is 9.13 Å². The number of benzene rings is 2. The molecule has 2 rings (SSSR count). The highest BCUT2D eigenvalue weighted by Crippen LogP contribution is 2.31. The van der Waals surface area contributed by atoms with Crippen LogP contribution in [0.15, 0.2) is 40.9 Å². The lowest BCUT2D eigenvalue weighted by atomic mass is 9.95. The minimum atomic E-state index is -0.342. The smallest absolute Gasteiger partial charge is 0.165 e. The predicted molar refractivity (Wildman–Crippen MR) is 87.4 cm³/mol. The second kappa shape index (κ2) is 7.05. The fraction of sp³-hybridized carbons (Fsp3) is 0.294. The van der Waals surface area contributed by atoms with Crippen LogP contribution < -0.4 is 10.1 Å². The van der Waals surface area contributed by atoms with Gasteiger partial charge in [-0.25, -0.2) is 4.39 Å². The van der Waals surface area contributed by atoms with E-state index in [0.717, 1.165) is 27.7 Å². The Hall–Kier alpha value is -1.39. The molecule has 2 aromatic rings. The third-order valence-corrected chi connectivity index (χ3v) is 4.40. The molecular weight excluding hydrogens is 333 g/mol. The number of rotatable bonds is 5. The summed E-state index contributed by atoms with van der Waals surface area (Å²) in [4.78, 5) is 0. The molecule has 0 radical (unpaired) electrons. The van der Waals surface area contributed by atoms with Crippen LogP contribution in [0.2, 0.25) is 0 Å². The van der Waals surface area contributed by atoms with Gasteiger partial charge in [-0.3, -0.25) is 0 Å². The molecule has 4 heteroatoms. The predicted octanol–water partition coefficient (Wildman–Crippen LogP) is 4.60. The standard InChI is InChI=1S/C17H19BrFNO/c1-4-20-17(13-6-5-7-14(18)11(13)2)12-8-9-16(21-3)15(19)10-12/h5-10,17,20H,4H2,1-3H3. The second-order valence-corrected chi connectivity index (χ2v) is 5.69. The molecule has 0 bridgehead atoms. The van der Waals surface area contributed by atoms with Crippen molar-refractivity contribution in [3.05, 3.63) is 63.4 Å². The maximum atomic E-state index is 14.0. The van der Waals surface area contributed by atoms with E-state index in [1.807, 2.05) is 25.1 Å². The summed E-state index contributed by atoms with van der Waals surface area (Å²) in [6.45, 7) is 4.90. The molecule has 0 saturated carbocycles. The molecule has 0 aromatic heterocycles. The van der Waals surface area contributed by atoms with E-state index >= 15 is 0 Å². The van der Waals surface area contributed by atoms with Gasteiger partial charge in [0.25, 0.3) is 0 Å². The summed E-state index contributed by atoms with van der Waals surface area (Å²) in [5.74, 6) is -0.0782. The Morgan fingerprint density at radius 3 is 2.67 bits per heavy atom. The van der Waals surface area contributed by atoms with Crippen LogP contribution in [-0.4, -0.2) is 13.7 Å². The van der Waals surface area contributed by atoms with Gasteiger partial charge in [0.15, 0.2) is 11.6 Å². The molecular formula is C17H19BrFNO. The molecule has 0 aliphatic carbocycles. The van der Waals surface area contributed by atoms with Gasteiger partial charge in [0, 0.05) is 4.47 Å². The zero-order valence-electron chi connectivity index (χ0n) is 12.4.